The summed E-state index contributed by atoms with van der Waals surface area (Å²) in [6.45, 7) is 8.32. The molecule has 10 nitrogen and oxygen atoms in total. The largest absolute Gasteiger partial charge is 0.497 e. The van der Waals surface area contributed by atoms with E-state index in [0.717, 1.165) is 15.6 Å². The van der Waals surface area contributed by atoms with E-state index >= 15 is 0 Å². The third-order valence-electron chi connectivity index (χ3n) is 7.40. The van der Waals surface area contributed by atoms with Gasteiger partial charge >= 0.3 is 18.8 Å². The summed E-state index contributed by atoms with van der Waals surface area (Å²) in [4.78, 5) is 30.3. The maximum atomic E-state index is 13.2. The smallest absolute Gasteiger partial charge is 0.494 e. The fraction of sp³-hybridized carbons (Fsp3) is 0.370. The van der Waals surface area contributed by atoms with Crippen LogP contribution >= 0.6 is 0 Å². The normalized spacial score (nSPS) is 16.2. The molecular weight excluding hydrogens is 487 g/mol. The summed E-state index contributed by atoms with van der Waals surface area (Å²) < 4.78 is 27.9. The highest BCUT2D eigenvalue weighted by Gasteiger charge is 2.51. The number of methoxy groups -OCH3 is 1. The standard InChI is InChI=1S/C27H31BN4O6/c1-26(2)27(3,4)38-28(37-26)18-11-13-19(14-12-18)36-24-29-22-21(23(33)31(6)25(34)30(22)5)32(24)16-17-9-8-10-20(15-17)35-7/h8-15H,16H2,1-7H3. The van der Waals surface area contributed by atoms with Gasteiger partial charge in [0.15, 0.2) is 11.2 Å². The molecule has 11 heteroatoms. The third kappa shape index (κ3) is 4.31. The van der Waals surface area contributed by atoms with Gasteiger partial charge in [-0.2, -0.15) is 4.98 Å². The van der Waals surface area contributed by atoms with Gasteiger partial charge in [0.05, 0.1) is 24.9 Å². The van der Waals surface area contributed by atoms with E-state index < -0.39 is 29.6 Å². The second-order valence-corrected chi connectivity index (χ2v) is 10.5. The number of aryl methyl sites for hydroxylation is 1. The van der Waals surface area contributed by atoms with E-state index in [-0.39, 0.29) is 23.7 Å². The summed E-state index contributed by atoms with van der Waals surface area (Å²) in [7, 11) is 4.13. The molecule has 4 aromatic rings. The molecular formula is C27H31BN4O6. The van der Waals surface area contributed by atoms with E-state index in [1.54, 1.807) is 30.9 Å². The van der Waals surface area contributed by atoms with Crippen molar-refractivity contribution in [1.82, 2.24) is 18.7 Å². The van der Waals surface area contributed by atoms with Crippen LogP contribution < -0.4 is 26.2 Å². The Kier molecular flexibility index (Phi) is 6.23. The van der Waals surface area contributed by atoms with Crippen molar-refractivity contribution in [3.8, 4) is 17.5 Å². The number of aromatic nitrogens is 4. The molecule has 1 aliphatic rings. The third-order valence-corrected chi connectivity index (χ3v) is 7.40. The number of hydrogen-bond donors (Lipinski definition) is 0. The van der Waals surface area contributed by atoms with Crippen molar-refractivity contribution >= 4 is 23.7 Å². The van der Waals surface area contributed by atoms with Gasteiger partial charge in [-0.1, -0.05) is 24.3 Å². The van der Waals surface area contributed by atoms with Crippen molar-refractivity contribution in [3.63, 3.8) is 0 Å². The predicted octanol–water partition coefficient (Wildman–Crippen LogP) is 2.58. The van der Waals surface area contributed by atoms with E-state index in [0.29, 0.717) is 11.5 Å². The Balaban J connectivity index is 1.53. The Morgan fingerprint density at radius 3 is 2.21 bits per heavy atom. The lowest BCUT2D eigenvalue weighted by molar-refractivity contribution is 0.00578. The quantitative estimate of drug-likeness (QED) is 0.362. The number of nitrogens with zero attached hydrogens (tertiary/aromatic N) is 4. The van der Waals surface area contributed by atoms with Gasteiger partial charge in [-0.15, -0.1) is 0 Å². The van der Waals surface area contributed by atoms with Gasteiger partial charge < -0.3 is 18.8 Å². The zero-order valence-corrected chi connectivity index (χ0v) is 22.6. The van der Waals surface area contributed by atoms with E-state index in [2.05, 4.69) is 4.98 Å². The van der Waals surface area contributed by atoms with Crippen LogP contribution in [0.1, 0.15) is 33.3 Å². The molecule has 0 N–H and O–H groups in total. The summed E-state index contributed by atoms with van der Waals surface area (Å²) >= 11 is 0. The van der Waals surface area contributed by atoms with E-state index in [1.807, 2.05) is 64.1 Å². The fourth-order valence-corrected chi connectivity index (χ4v) is 4.38. The summed E-state index contributed by atoms with van der Waals surface area (Å²) in [6.07, 6.45) is 0. The topological polar surface area (TPSA) is 98.7 Å². The average molecular weight is 518 g/mol. The Bertz CT molecular complexity index is 1620. The van der Waals surface area contributed by atoms with Crippen LogP contribution in [0, 0.1) is 0 Å². The molecule has 0 spiro atoms. The molecule has 0 saturated carbocycles. The lowest BCUT2D eigenvalue weighted by Crippen LogP contribution is -2.41. The van der Waals surface area contributed by atoms with Crippen molar-refractivity contribution < 1.29 is 18.8 Å². The van der Waals surface area contributed by atoms with Gasteiger partial charge in [0, 0.05) is 14.1 Å². The van der Waals surface area contributed by atoms with Crippen LogP contribution in [0.5, 0.6) is 17.5 Å². The van der Waals surface area contributed by atoms with Crippen molar-refractivity contribution in [2.24, 2.45) is 14.1 Å². The monoisotopic (exact) mass is 518 g/mol. The molecule has 2 aromatic heterocycles. The van der Waals surface area contributed by atoms with E-state index in [1.165, 1.54) is 11.6 Å². The van der Waals surface area contributed by atoms with Gasteiger partial charge in [0.25, 0.3) is 5.56 Å². The van der Waals surface area contributed by atoms with Crippen LogP contribution in [0.3, 0.4) is 0 Å². The Morgan fingerprint density at radius 1 is 0.921 bits per heavy atom. The number of benzene rings is 2. The first-order chi connectivity index (χ1) is 17.9. The van der Waals surface area contributed by atoms with Gasteiger partial charge in [0.2, 0.25) is 0 Å². The first kappa shape index (κ1) is 25.8. The zero-order chi connectivity index (χ0) is 27.4. The summed E-state index contributed by atoms with van der Waals surface area (Å²) in [5, 5.41) is 0. The molecule has 0 aliphatic carbocycles. The van der Waals surface area contributed by atoms with Crippen molar-refractivity contribution in [1.29, 1.82) is 0 Å². The van der Waals surface area contributed by atoms with Crippen molar-refractivity contribution in [2.75, 3.05) is 7.11 Å². The molecule has 0 atom stereocenters. The number of rotatable bonds is 6. The second kappa shape index (κ2) is 9.18. The van der Waals surface area contributed by atoms with Crippen LogP contribution in [0.4, 0.5) is 0 Å². The Hall–Kier alpha value is -3.83. The molecule has 3 heterocycles. The molecule has 5 rings (SSSR count). The summed E-state index contributed by atoms with van der Waals surface area (Å²) in [5.41, 5.74) is 0.430. The lowest BCUT2D eigenvalue weighted by atomic mass is 9.79. The minimum atomic E-state index is -0.496. The zero-order valence-electron chi connectivity index (χ0n) is 22.6. The SMILES string of the molecule is COc1cccc(Cn2c(Oc3ccc(B4OC(C)(C)C(C)(C)O4)cc3)nc3c2c(=O)n(C)c(=O)n3C)c1. The summed E-state index contributed by atoms with van der Waals surface area (Å²) in [6, 6.07) is 15.0. The number of ether oxygens (including phenoxy) is 2. The van der Waals surface area contributed by atoms with Crippen LogP contribution in [-0.2, 0) is 29.9 Å². The molecule has 1 fully saturated rings. The summed E-state index contributed by atoms with van der Waals surface area (Å²) in [5.74, 6) is 1.20. The first-order valence-electron chi connectivity index (χ1n) is 12.3. The molecule has 38 heavy (non-hydrogen) atoms. The molecule has 0 amide bonds. The highest BCUT2D eigenvalue weighted by molar-refractivity contribution is 6.62. The van der Waals surface area contributed by atoms with Crippen LogP contribution in [-0.4, -0.2) is 44.1 Å². The minimum Gasteiger partial charge on any atom is -0.497 e. The minimum absolute atomic E-state index is 0.185. The molecule has 198 valence electrons. The molecule has 2 aromatic carbocycles. The van der Waals surface area contributed by atoms with Gasteiger partial charge in [-0.05, 0) is 63.0 Å². The molecule has 0 radical (unpaired) electrons. The molecule has 1 aliphatic heterocycles. The van der Waals surface area contributed by atoms with Gasteiger partial charge in [-0.25, -0.2) is 4.79 Å². The van der Waals surface area contributed by atoms with Crippen LogP contribution in [0.25, 0.3) is 11.2 Å². The highest BCUT2D eigenvalue weighted by atomic mass is 16.7. The number of fused-ring (bicyclic) bond motifs is 1. The van der Waals surface area contributed by atoms with Crippen LogP contribution in [0.15, 0.2) is 58.1 Å². The Labute approximate surface area is 220 Å². The van der Waals surface area contributed by atoms with E-state index in [4.69, 9.17) is 18.8 Å². The fourth-order valence-electron chi connectivity index (χ4n) is 4.38. The van der Waals surface area contributed by atoms with Crippen LogP contribution in [0.2, 0.25) is 0 Å². The number of imidazole rings is 1. The lowest BCUT2D eigenvalue weighted by Gasteiger charge is -2.32. The average Bonchev–Trinajstić information content (AvgIpc) is 3.34. The molecule has 0 bridgehead atoms. The van der Waals surface area contributed by atoms with Gasteiger partial charge in [0.1, 0.15) is 11.5 Å². The molecule has 0 unspecified atom stereocenters. The number of hydrogen-bond acceptors (Lipinski definition) is 7. The maximum absolute atomic E-state index is 13.2. The van der Waals surface area contributed by atoms with Crippen molar-refractivity contribution in [2.45, 2.75) is 45.4 Å². The highest BCUT2D eigenvalue weighted by Crippen LogP contribution is 2.36. The Morgan fingerprint density at radius 2 is 1.58 bits per heavy atom. The first-order valence-corrected chi connectivity index (χ1v) is 12.3. The maximum Gasteiger partial charge on any atom is 0.494 e. The van der Waals surface area contributed by atoms with Gasteiger partial charge in [-0.3, -0.25) is 18.5 Å². The predicted molar refractivity (Wildman–Crippen MR) is 145 cm³/mol. The van der Waals surface area contributed by atoms with E-state index in [9.17, 15) is 9.59 Å². The molecule has 1 saturated heterocycles. The van der Waals surface area contributed by atoms with Crippen molar-refractivity contribution in [3.05, 3.63) is 74.9 Å². The second-order valence-electron chi connectivity index (χ2n) is 10.5.